The Hall–Kier alpha value is -2.43. The Morgan fingerprint density at radius 3 is 2.63 bits per heavy atom. The summed E-state index contributed by atoms with van der Waals surface area (Å²) in [5.74, 6) is 0.481. The van der Waals surface area contributed by atoms with Gasteiger partial charge in [0.25, 0.3) is 0 Å². The van der Waals surface area contributed by atoms with E-state index in [0.29, 0.717) is 11.7 Å². The van der Waals surface area contributed by atoms with Gasteiger partial charge in [-0.05, 0) is 6.92 Å². The molecule has 0 unspecified atom stereocenters. The molecule has 1 aromatic carbocycles. The number of aromatic nitrogens is 2. The van der Waals surface area contributed by atoms with Crippen LogP contribution in [0.2, 0.25) is 0 Å². The Morgan fingerprint density at radius 1 is 1.21 bits per heavy atom. The van der Waals surface area contributed by atoms with E-state index >= 15 is 0 Å². The van der Waals surface area contributed by atoms with Gasteiger partial charge in [0.05, 0.1) is 7.11 Å². The number of benzene rings is 1. The highest BCUT2D eigenvalue weighted by Crippen LogP contribution is 2.18. The molecule has 0 atom stereocenters. The van der Waals surface area contributed by atoms with Gasteiger partial charge in [0.1, 0.15) is 0 Å². The van der Waals surface area contributed by atoms with Gasteiger partial charge in [-0.25, -0.2) is 9.78 Å². The van der Waals surface area contributed by atoms with Crippen LogP contribution in [0.25, 0.3) is 11.4 Å². The van der Waals surface area contributed by atoms with Gasteiger partial charge < -0.3 is 9.47 Å². The number of nitrogens with zero attached hydrogens (tertiary/aromatic N) is 2. The molecule has 5 heteroatoms. The number of carbonyl (C=O) groups excluding carboxylic acids is 1. The standard InChI is InChI=1S/C14H14N2O3/c1-10-8-12(19-9-13(17)18-2)16-14(15-10)11-6-4-3-5-7-11/h3-8H,9H2,1-2H3. The molecule has 0 aliphatic rings. The van der Waals surface area contributed by atoms with E-state index in [-0.39, 0.29) is 6.61 Å². The molecule has 2 rings (SSSR count). The minimum Gasteiger partial charge on any atom is -0.466 e. The van der Waals surface area contributed by atoms with Crippen molar-refractivity contribution in [2.24, 2.45) is 0 Å². The highest BCUT2D eigenvalue weighted by atomic mass is 16.6. The Bertz CT molecular complexity index is 570. The lowest BCUT2D eigenvalue weighted by molar-refractivity contribution is -0.143. The highest BCUT2D eigenvalue weighted by molar-refractivity contribution is 5.70. The Balaban J connectivity index is 2.22. The Labute approximate surface area is 111 Å². The van der Waals surface area contributed by atoms with Crippen molar-refractivity contribution in [3.63, 3.8) is 0 Å². The summed E-state index contributed by atoms with van der Waals surface area (Å²) in [6.07, 6.45) is 0. The maximum atomic E-state index is 11.0. The summed E-state index contributed by atoms with van der Waals surface area (Å²) in [7, 11) is 1.31. The van der Waals surface area contributed by atoms with Crippen LogP contribution >= 0.6 is 0 Å². The number of aryl methyl sites for hydroxylation is 1. The van der Waals surface area contributed by atoms with Gasteiger partial charge in [-0.1, -0.05) is 30.3 Å². The molecule has 19 heavy (non-hydrogen) atoms. The first kappa shape index (κ1) is 13.0. The molecule has 1 aromatic heterocycles. The number of ether oxygens (including phenoxy) is 2. The molecule has 0 amide bonds. The van der Waals surface area contributed by atoms with E-state index < -0.39 is 5.97 Å². The first-order chi connectivity index (χ1) is 9.19. The normalized spacial score (nSPS) is 10.0. The monoisotopic (exact) mass is 258 g/mol. The number of hydrogen-bond acceptors (Lipinski definition) is 5. The molecular formula is C14H14N2O3. The summed E-state index contributed by atoms with van der Waals surface area (Å²) >= 11 is 0. The fourth-order valence-corrected chi connectivity index (χ4v) is 1.52. The van der Waals surface area contributed by atoms with Gasteiger partial charge >= 0.3 is 5.97 Å². The zero-order valence-corrected chi connectivity index (χ0v) is 10.8. The van der Waals surface area contributed by atoms with Crippen LogP contribution in [0, 0.1) is 6.92 Å². The molecule has 0 spiro atoms. The van der Waals surface area contributed by atoms with Crippen molar-refractivity contribution >= 4 is 5.97 Å². The van der Waals surface area contributed by atoms with Gasteiger partial charge in [0.15, 0.2) is 12.4 Å². The zero-order chi connectivity index (χ0) is 13.7. The molecule has 0 aliphatic heterocycles. The van der Waals surface area contributed by atoms with Crippen molar-refractivity contribution in [2.45, 2.75) is 6.92 Å². The van der Waals surface area contributed by atoms with Crippen molar-refractivity contribution in [3.05, 3.63) is 42.1 Å². The zero-order valence-electron chi connectivity index (χ0n) is 10.8. The maximum absolute atomic E-state index is 11.0. The summed E-state index contributed by atoms with van der Waals surface area (Å²) in [6, 6.07) is 11.3. The van der Waals surface area contributed by atoms with Crippen LogP contribution in [-0.4, -0.2) is 29.7 Å². The lowest BCUT2D eigenvalue weighted by atomic mass is 10.2. The second-order valence-corrected chi connectivity index (χ2v) is 3.90. The largest absolute Gasteiger partial charge is 0.466 e. The molecule has 0 aliphatic carbocycles. The van der Waals surface area contributed by atoms with E-state index in [9.17, 15) is 4.79 Å². The number of hydrogen-bond donors (Lipinski definition) is 0. The van der Waals surface area contributed by atoms with Crippen LogP contribution in [0.1, 0.15) is 5.69 Å². The summed E-state index contributed by atoms with van der Waals surface area (Å²) in [4.78, 5) is 19.6. The third kappa shape index (κ3) is 3.51. The number of carbonyl (C=O) groups is 1. The SMILES string of the molecule is COC(=O)COc1cc(C)nc(-c2ccccc2)n1. The first-order valence-corrected chi connectivity index (χ1v) is 5.80. The van der Waals surface area contributed by atoms with E-state index in [1.807, 2.05) is 37.3 Å². The molecule has 0 bridgehead atoms. The predicted molar refractivity (Wildman–Crippen MR) is 69.7 cm³/mol. The molecule has 0 fully saturated rings. The minimum absolute atomic E-state index is 0.165. The van der Waals surface area contributed by atoms with E-state index in [0.717, 1.165) is 11.3 Å². The molecule has 5 nitrogen and oxygen atoms in total. The number of methoxy groups -OCH3 is 1. The summed E-state index contributed by atoms with van der Waals surface area (Å²) in [6.45, 7) is 1.68. The van der Waals surface area contributed by atoms with Gasteiger partial charge in [-0.2, -0.15) is 4.98 Å². The molecule has 2 aromatic rings. The number of esters is 1. The van der Waals surface area contributed by atoms with Crippen molar-refractivity contribution < 1.29 is 14.3 Å². The summed E-state index contributed by atoms with van der Waals surface area (Å²) < 4.78 is 9.79. The highest BCUT2D eigenvalue weighted by Gasteiger charge is 2.07. The third-order valence-electron chi connectivity index (χ3n) is 2.43. The lowest BCUT2D eigenvalue weighted by Gasteiger charge is -2.07. The van der Waals surface area contributed by atoms with Gasteiger partial charge in [-0.3, -0.25) is 0 Å². The second-order valence-electron chi connectivity index (χ2n) is 3.90. The summed E-state index contributed by atoms with van der Waals surface area (Å²) in [5.41, 5.74) is 1.67. The quantitative estimate of drug-likeness (QED) is 0.785. The molecule has 98 valence electrons. The second kappa shape index (κ2) is 5.95. The van der Waals surface area contributed by atoms with E-state index in [1.54, 1.807) is 6.07 Å². The molecular weight excluding hydrogens is 244 g/mol. The van der Waals surface area contributed by atoms with Crippen LogP contribution in [0.4, 0.5) is 0 Å². The fraction of sp³-hybridized carbons (Fsp3) is 0.214. The lowest BCUT2D eigenvalue weighted by Crippen LogP contribution is -2.13. The number of rotatable bonds is 4. The predicted octanol–water partition coefficient (Wildman–Crippen LogP) is 2.00. The molecule has 0 saturated carbocycles. The maximum Gasteiger partial charge on any atom is 0.343 e. The molecule has 0 saturated heterocycles. The van der Waals surface area contributed by atoms with Crippen LogP contribution in [0.5, 0.6) is 5.88 Å². The minimum atomic E-state index is -0.447. The fourth-order valence-electron chi connectivity index (χ4n) is 1.52. The van der Waals surface area contributed by atoms with Crippen LogP contribution in [0.3, 0.4) is 0 Å². The molecule has 0 N–H and O–H groups in total. The third-order valence-corrected chi connectivity index (χ3v) is 2.43. The van der Waals surface area contributed by atoms with Gasteiger partial charge in [0, 0.05) is 17.3 Å². The van der Waals surface area contributed by atoms with Gasteiger partial charge in [0.2, 0.25) is 5.88 Å². The van der Waals surface area contributed by atoms with Crippen LogP contribution < -0.4 is 4.74 Å². The van der Waals surface area contributed by atoms with Crippen LogP contribution in [0.15, 0.2) is 36.4 Å². The Kier molecular flexibility index (Phi) is 4.07. The first-order valence-electron chi connectivity index (χ1n) is 5.80. The molecule has 1 heterocycles. The van der Waals surface area contributed by atoms with Gasteiger partial charge in [-0.15, -0.1) is 0 Å². The smallest absolute Gasteiger partial charge is 0.343 e. The average molecular weight is 258 g/mol. The van der Waals surface area contributed by atoms with E-state index in [2.05, 4.69) is 14.7 Å². The van der Waals surface area contributed by atoms with Crippen molar-refractivity contribution in [3.8, 4) is 17.3 Å². The van der Waals surface area contributed by atoms with E-state index in [1.165, 1.54) is 7.11 Å². The average Bonchev–Trinajstić information content (AvgIpc) is 2.45. The van der Waals surface area contributed by atoms with Crippen molar-refractivity contribution in [2.75, 3.05) is 13.7 Å². The van der Waals surface area contributed by atoms with E-state index in [4.69, 9.17) is 4.74 Å². The van der Waals surface area contributed by atoms with Crippen LogP contribution in [-0.2, 0) is 9.53 Å². The van der Waals surface area contributed by atoms with Crippen molar-refractivity contribution in [1.29, 1.82) is 0 Å². The summed E-state index contributed by atoms with van der Waals surface area (Å²) in [5, 5.41) is 0. The van der Waals surface area contributed by atoms with Crippen molar-refractivity contribution in [1.82, 2.24) is 9.97 Å². The molecule has 0 radical (unpaired) electrons. The topological polar surface area (TPSA) is 61.3 Å². The Morgan fingerprint density at radius 2 is 1.95 bits per heavy atom.